The zero-order valence-corrected chi connectivity index (χ0v) is 21.2. The molecule has 32 heavy (non-hydrogen) atoms. The molecule has 3 heterocycles. The van der Waals surface area contributed by atoms with Crippen LogP contribution in [0.1, 0.15) is 60.6 Å². The molecule has 0 amide bonds. The summed E-state index contributed by atoms with van der Waals surface area (Å²) in [5.41, 5.74) is 5.68. The second-order valence-corrected chi connectivity index (χ2v) is 16.1. The molecule has 0 radical (unpaired) electrons. The van der Waals surface area contributed by atoms with Crippen molar-refractivity contribution in [1.82, 2.24) is 19.1 Å². The molecule has 0 aliphatic carbocycles. The summed E-state index contributed by atoms with van der Waals surface area (Å²) in [6, 6.07) is 0. The molecule has 2 atom stereocenters. The molecule has 1 aliphatic heterocycles. The standard InChI is InChI=1S/C21H35N5O5Si/c1-20(2,3)31-19(29)26-16-14(15(28)24-17(26)22)23-18(32(7,8)21(4,5)6)25(16)13-10-9-12(11-27)30-13/h12-13,27H,9-11H2,1-8H3,(H2,22,24,28)/t12-,13+/m0/s1. The quantitative estimate of drug-likeness (QED) is 0.660. The predicted molar refractivity (Wildman–Crippen MR) is 125 cm³/mol. The summed E-state index contributed by atoms with van der Waals surface area (Å²) in [7, 11) is -2.32. The highest BCUT2D eigenvalue weighted by atomic mass is 28.3. The molecule has 1 saturated heterocycles. The highest BCUT2D eigenvalue weighted by Crippen LogP contribution is 2.38. The number of aliphatic hydroxyl groups is 1. The van der Waals surface area contributed by atoms with Crippen LogP contribution in [0.5, 0.6) is 0 Å². The lowest BCUT2D eigenvalue weighted by atomic mass is 10.2. The van der Waals surface area contributed by atoms with E-state index in [1.807, 2.05) is 4.57 Å². The predicted octanol–water partition coefficient (Wildman–Crippen LogP) is 2.34. The number of nitrogens with zero attached hydrogens (tertiary/aromatic N) is 4. The van der Waals surface area contributed by atoms with Gasteiger partial charge in [-0.15, -0.1) is 0 Å². The number of carbonyl (C=O) groups is 1. The van der Waals surface area contributed by atoms with Gasteiger partial charge in [0, 0.05) is 0 Å². The number of carbonyl (C=O) groups excluding carboxylic acids is 1. The smallest absolute Gasteiger partial charge is 0.423 e. The summed E-state index contributed by atoms with van der Waals surface area (Å²) in [5.74, 6) is -0.267. The molecule has 3 N–H and O–H groups in total. The summed E-state index contributed by atoms with van der Waals surface area (Å²) in [4.78, 5) is 34.6. The normalized spacial score (nSPS) is 20.2. The Labute approximate surface area is 188 Å². The van der Waals surface area contributed by atoms with E-state index >= 15 is 0 Å². The van der Waals surface area contributed by atoms with Gasteiger partial charge in [-0.2, -0.15) is 9.55 Å². The maximum Gasteiger partial charge on any atom is 0.423 e. The molecule has 1 fully saturated rings. The van der Waals surface area contributed by atoms with Crippen LogP contribution in [0.4, 0.5) is 10.7 Å². The Kier molecular flexibility index (Phi) is 6.07. The summed E-state index contributed by atoms with van der Waals surface area (Å²) >= 11 is 0. The van der Waals surface area contributed by atoms with Crippen molar-refractivity contribution in [2.24, 2.45) is 0 Å². The number of anilines is 1. The average molecular weight is 466 g/mol. The van der Waals surface area contributed by atoms with E-state index in [9.17, 15) is 14.7 Å². The van der Waals surface area contributed by atoms with Crippen molar-refractivity contribution in [2.75, 3.05) is 12.3 Å². The number of imidazole rings is 1. The van der Waals surface area contributed by atoms with Gasteiger partial charge in [0.1, 0.15) is 19.9 Å². The molecule has 11 heteroatoms. The van der Waals surface area contributed by atoms with Crippen molar-refractivity contribution in [3.05, 3.63) is 10.4 Å². The fourth-order valence-corrected chi connectivity index (χ4v) is 5.56. The first-order chi connectivity index (χ1) is 14.6. The molecule has 0 unspecified atom stereocenters. The molecule has 3 rings (SSSR count). The van der Waals surface area contributed by atoms with Crippen LogP contribution in [0.15, 0.2) is 4.79 Å². The monoisotopic (exact) mass is 465 g/mol. The molecule has 0 bridgehead atoms. The topological polar surface area (TPSA) is 134 Å². The van der Waals surface area contributed by atoms with E-state index in [0.29, 0.717) is 18.3 Å². The van der Waals surface area contributed by atoms with Gasteiger partial charge in [-0.25, -0.2) is 9.78 Å². The Bertz CT molecular complexity index is 1090. The van der Waals surface area contributed by atoms with Gasteiger partial charge in [0.05, 0.1) is 18.2 Å². The van der Waals surface area contributed by atoms with Gasteiger partial charge in [0.15, 0.2) is 11.2 Å². The third-order valence-electron chi connectivity index (χ3n) is 6.33. The Morgan fingerprint density at radius 2 is 1.84 bits per heavy atom. The molecule has 178 valence electrons. The molecular formula is C21H35N5O5Si. The molecular weight excluding hydrogens is 430 g/mol. The summed E-state index contributed by atoms with van der Waals surface area (Å²) < 4.78 is 14.6. The summed E-state index contributed by atoms with van der Waals surface area (Å²) in [5, 5.41) is 9.50. The molecule has 10 nitrogen and oxygen atoms in total. The van der Waals surface area contributed by atoms with Crippen LogP contribution in [0.2, 0.25) is 18.1 Å². The number of hydrogen-bond acceptors (Lipinski definition) is 8. The molecule has 0 aromatic carbocycles. The van der Waals surface area contributed by atoms with E-state index in [1.165, 1.54) is 0 Å². The number of nitrogen functional groups attached to an aromatic ring is 1. The number of aromatic nitrogens is 4. The zero-order chi connectivity index (χ0) is 24.2. The van der Waals surface area contributed by atoms with Crippen LogP contribution in [0.3, 0.4) is 0 Å². The lowest BCUT2D eigenvalue weighted by Crippen LogP contribution is -2.54. The highest BCUT2D eigenvalue weighted by molar-refractivity contribution is 6.91. The Hall–Kier alpha value is -2.24. The highest BCUT2D eigenvalue weighted by Gasteiger charge is 2.44. The Morgan fingerprint density at radius 3 is 2.34 bits per heavy atom. The van der Waals surface area contributed by atoms with Gasteiger partial charge in [0.2, 0.25) is 5.95 Å². The van der Waals surface area contributed by atoms with Crippen molar-refractivity contribution in [3.63, 3.8) is 0 Å². The average Bonchev–Trinajstić information content (AvgIpc) is 3.23. The maximum absolute atomic E-state index is 13.2. The SMILES string of the molecule is CC(C)(C)OC(=O)n1c(N)nc(=O)c2nc([Si](C)(C)C(C)(C)C)n([C@H]3CC[C@@H](CO)O3)c21. The van der Waals surface area contributed by atoms with E-state index in [2.05, 4.69) is 38.8 Å². The first kappa shape index (κ1) is 24.4. The van der Waals surface area contributed by atoms with E-state index in [4.69, 9.17) is 20.2 Å². The van der Waals surface area contributed by atoms with Crippen molar-refractivity contribution < 1.29 is 19.4 Å². The van der Waals surface area contributed by atoms with Gasteiger partial charge in [-0.3, -0.25) is 9.36 Å². The second-order valence-electron chi connectivity index (χ2n) is 10.9. The van der Waals surface area contributed by atoms with Crippen molar-refractivity contribution in [1.29, 1.82) is 0 Å². The number of fused-ring (bicyclic) bond motifs is 1. The maximum atomic E-state index is 13.2. The lowest BCUT2D eigenvalue weighted by Gasteiger charge is -2.37. The van der Waals surface area contributed by atoms with Gasteiger partial charge in [-0.1, -0.05) is 33.9 Å². The number of hydrogen-bond donors (Lipinski definition) is 2. The summed E-state index contributed by atoms with van der Waals surface area (Å²) in [6.45, 7) is 15.9. The zero-order valence-electron chi connectivity index (χ0n) is 20.2. The minimum Gasteiger partial charge on any atom is -0.443 e. The fraction of sp³-hybridized carbons (Fsp3) is 0.714. The van der Waals surface area contributed by atoms with Crippen molar-refractivity contribution in [3.8, 4) is 0 Å². The summed E-state index contributed by atoms with van der Waals surface area (Å²) in [6.07, 6.45) is -0.327. The molecule has 0 saturated carbocycles. The van der Waals surface area contributed by atoms with Crippen LogP contribution < -0.4 is 16.7 Å². The first-order valence-corrected chi connectivity index (χ1v) is 13.9. The third-order valence-corrected chi connectivity index (χ3v) is 11.6. The second kappa shape index (κ2) is 7.96. The van der Waals surface area contributed by atoms with E-state index < -0.39 is 31.6 Å². The molecule has 2 aromatic rings. The van der Waals surface area contributed by atoms with Crippen LogP contribution in [-0.2, 0) is 9.47 Å². The van der Waals surface area contributed by atoms with Crippen LogP contribution in [-0.4, -0.2) is 56.7 Å². The number of aliphatic hydroxyl groups excluding tert-OH is 1. The minimum absolute atomic E-state index is 0.0564. The minimum atomic E-state index is -2.32. The van der Waals surface area contributed by atoms with E-state index in [0.717, 1.165) is 4.57 Å². The van der Waals surface area contributed by atoms with Crippen LogP contribution >= 0.6 is 0 Å². The number of ether oxygens (including phenoxy) is 2. The Balaban J connectivity index is 2.40. The van der Waals surface area contributed by atoms with Crippen LogP contribution in [0, 0.1) is 0 Å². The molecule has 0 spiro atoms. The van der Waals surface area contributed by atoms with E-state index in [1.54, 1.807) is 20.8 Å². The number of rotatable bonds is 3. The largest absolute Gasteiger partial charge is 0.443 e. The van der Waals surface area contributed by atoms with Gasteiger partial charge >= 0.3 is 11.7 Å². The fourth-order valence-electron chi connectivity index (χ4n) is 3.64. The van der Waals surface area contributed by atoms with E-state index in [-0.39, 0.29) is 34.9 Å². The third kappa shape index (κ3) is 4.20. The molecule has 1 aliphatic rings. The first-order valence-electron chi connectivity index (χ1n) is 10.9. The van der Waals surface area contributed by atoms with Gasteiger partial charge in [0.25, 0.3) is 0 Å². The molecule has 2 aromatic heterocycles. The Morgan fingerprint density at radius 1 is 1.22 bits per heavy atom. The van der Waals surface area contributed by atoms with Crippen LogP contribution in [0.25, 0.3) is 11.2 Å². The van der Waals surface area contributed by atoms with Crippen molar-refractivity contribution >= 4 is 36.7 Å². The van der Waals surface area contributed by atoms with Crippen molar-refractivity contribution in [2.45, 2.75) is 90.4 Å². The lowest BCUT2D eigenvalue weighted by molar-refractivity contribution is -0.0196. The number of nitrogens with two attached hydrogens (primary N) is 1. The van der Waals surface area contributed by atoms with Gasteiger partial charge < -0.3 is 20.3 Å². The van der Waals surface area contributed by atoms with Gasteiger partial charge in [-0.05, 0) is 38.7 Å².